The number of hydrogen-bond acceptors (Lipinski definition) is 5. The maximum absolute atomic E-state index is 12.8. The fourth-order valence-electron chi connectivity index (χ4n) is 2.99. The predicted octanol–water partition coefficient (Wildman–Crippen LogP) is 4.29. The summed E-state index contributed by atoms with van der Waals surface area (Å²) in [6.07, 6.45) is 3.29. The van der Waals surface area contributed by atoms with Crippen LogP contribution in [0.5, 0.6) is 11.5 Å². The van der Waals surface area contributed by atoms with Crippen LogP contribution in [0.25, 0.3) is 6.08 Å². The summed E-state index contributed by atoms with van der Waals surface area (Å²) in [5, 5.41) is 7.56. The van der Waals surface area contributed by atoms with Crippen LogP contribution in [0.15, 0.2) is 71.7 Å². The third-order valence-corrected chi connectivity index (χ3v) is 5.58. The second-order valence-corrected chi connectivity index (χ2v) is 7.94. The maximum Gasteiger partial charge on any atom is 0.267 e. The molecule has 0 saturated carbocycles. The van der Waals surface area contributed by atoms with Crippen LogP contribution in [-0.4, -0.2) is 32.6 Å². The van der Waals surface area contributed by atoms with Gasteiger partial charge in [-0.25, -0.2) is 0 Å². The summed E-state index contributed by atoms with van der Waals surface area (Å²) in [6.45, 7) is 0.491. The van der Waals surface area contributed by atoms with Gasteiger partial charge in [-0.1, -0.05) is 18.2 Å². The Kier molecular flexibility index (Phi) is 8.45. The normalized spacial score (nSPS) is 11.0. The molecule has 166 valence electrons. The molecule has 0 spiro atoms. The standard InChI is InChI=1S/C25H26N2O4S/c1-30-20-11-7-18(8-12-20)5-3-15-26-25(29)23(17-22-6-4-16-32-22)27-24(28)19-9-13-21(31-2)14-10-19/h4,6-14,16-17H,3,5,15H2,1-2H3,(H,26,29)(H,27,28)/b23-17-. The van der Waals surface area contributed by atoms with Crippen molar-refractivity contribution in [2.24, 2.45) is 0 Å². The molecule has 6 nitrogen and oxygen atoms in total. The number of ether oxygens (including phenoxy) is 2. The Morgan fingerprint density at radius 3 is 2.19 bits per heavy atom. The van der Waals surface area contributed by atoms with Crippen LogP contribution in [0.4, 0.5) is 0 Å². The third kappa shape index (κ3) is 6.72. The van der Waals surface area contributed by atoms with Crippen molar-refractivity contribution in [2.75, 3.05) is 20.8 Å². The van der Waals surface area contributed by atoms with Gasteiger partial charge in [0.25, 0.3) is 11.8 Å². The minimum absolute atomic E-state index is 0.206. The lowest BCUT2D eigenvalue weighted by Crippen LogP contribution is -2.35. The summed E-state index contributed by atoms with van der Waals surface area (Å²) in [4.78, 5) is 26.4. The molecular weight excluding hydrogens is 424 g/mol. The first-order valence-corrected chi connectivity index (χ1v) is 11.1. The Bertz CT molecular complexity index is 1040. The number of methoxy groups -OCH3 is 2. The molecular formula is C25H26N2O4S. The number of carbonyl (C=O) groups excluding carboxylic acids is 2. The molecule has 2 aromatic carbocycles. The van der Waals surface area contributed by atoms with E-state index in [1.54, 1.807) is 44.6 Å². The number of benzene rings is 2. The van der Waals surface area contributed by atoms with Gasteiger partial charge in [0.1, 0.15) is 17.2 Å². The average molecular weight is 451 g/mol. The summed E-state index contributed by atoms with van der Waals surface area (Å²) in [5.74, 6) is 0.794. The fraction of sp³-hybridized carbons (Fsp3) is 0.200. The molecule has 1 heterocycles. The van der Waals surface area contributed by atoms with Gasteiger partial charge in [0.05, 0.1) is 14.2 Å². The van der Waals surface area contributed by atoms with E-state index in [1.165, 1.54) is 16.9 Å². The summed E-state index contributed by atoms with van der Waals surface area (Å²) in [6, 6.07) is 18.4. The second-order valence-electron chi connectivity index (χ2n) is 6.96. The molecule has 0 bridgehead atoms. The zero-order chi connectivity index (χ0) is 22.8. The van der Waals surface area contributed by atoms with E-state index < -0.39 is 0 Å². The number of nitrogens with one attached hydrogen (secondary N) is 2. The Labute approximate surface area is 191 Å². The molecule has 32 heavy (non-hydrogen) atoms. The first-order chi connectivity index (χ1) is 15.6. The molecule has 2 N–H and O–H groups in total. The van der Waals surface area contributed by atoms with Gasteiger partial charge in [0.15, 0.2) is 0 Å². The van der Waals surface area contributed by atoms with Crippen LogP contribution in [0, 0.1) is 0 Å². The average Bonchev–Trinajstić information content (AvgIpc) is 3.35. The lowest BCUT2D eigenvalue weighted by Gasteiger charge is -2.11. The SMILES string of the molecule is COc1ccc(CCCNC(=O)/C(=C/c2cccs2)NC(=O)c2ccc(OC)cc2)cc1. The highest BCUT2D eigenvalue weighted by molar-refractivity contribution is 7.10. The van der Waals surface area contributed by atoms with Gasteiger partial charge in [-0.2, -0.15) is 0 Å². The van der Waals surface area contributed by atoms with Gasteiger partial charge in [-0.15, -0.1) is 11.3 Å². The summed E-state index contributed by atoms with van der Waals surface area (Å²) in [5.41, 5.74) is 1.81. The second kappa shape index (κ2) is 11.7. The van der Waals surface area contributed by atoms with Crippen molar-refractivity contribution >= 4 is 29.2 Å². The van der Waals surface area contributed by atoms with E-state index in [0.717, 1.165) is 23.5 Å². The van der Waals surface area contributed by atoms with E-state index >= 15 is 0 Å². The van der Waals surface area contributed by atoms with Crippen LogP contribution < -0.4 is 20.1 Å². The Morgan fingerprint density at radius 1 is 0.938 bits per heavy atom. The highest BCUT2D eigenvalue weighted by Crippen LogP contribution is 2.15. The van der Waals surface area contributed by atoms with Crippen molar-refractivity contribution in [1.29, 1.82) is 0 Å². The zero-order valence-electron chi connectivity index (χ0n) is 18.1. The first kappa shape index (κ1) is 23.1. The van der Waals surface area contributed by atoms with Crippen molar-refractivity contribution in [3.05, 3.63) is 87.7 Å². The number of aryl methyl sites for hydroxylation is 1. The van der Waals surface area contributed by atoms with Crippen LogP contribution in [0.3, 0.4) is 0 Å². The molecule has 0 atom stereocenters. The van der Waals surface area contributed by atoms with Crippen molar-refractivity contribution in [3.8, 4) is 11.5 Å². The van der Waals surface area contributed by atoms with Gasteiger partial charge < -0.3 is 20.1 Å². The molecule has 0 aliphatic rings. The Balaban J connectivity index is 1.60. The van der Waals surface area contributed by atoms with E-state index in [2.05, 4.69) is 10.6 Å². The first-order valence-electron chi connectivity index (χ1n) is 10.2. The van der Waals surface area contributed by atoms with E-state index in [0.29, 0.717) is 17.9 Å². The lowest BCUT2D eigenvalue weighted by atomic mass is 10.1. The number of thiophene rings is 1. The highest BCUT2D eigenvalue weighted by Gasteiger charge is 2.15. The lowest BCUT2D eigenvalue weighted by molar-refractivity contribution is -0.117. The van der Waals surface area contributed by atoms with Crippen molar-refractivity contribution in [3.63, 3.8) is 0 Å². The van der Waals surface area contributed by atoms with E-state index in [9.17, 15) is 9.59 Å². The van der Waals surface area contributed by atoms with Gasteiger partial charge in [0, 0.05) is 17.0 Å². The van der Waals surface area contributed by atoms with E-state index in [-0.39, 0.29) is 17.5 Å². The van der Waals surface area contributed by atoms with E-state index in [4.69, 9.17) is 9.47 Å². The summed E-state index contributed by atoms with van der Waals surface area (Å²) < 4.78 is 10.3. The molecule has 3 aromatic rings. The van der Waals surface area contributed by atoms with Gasteiger partial charge in [-0.3, -0.25) is 9.59 Å². The number of carbonyl (C=O) groups is 2. The highest BCUT2D eigenvalue weighted by atomic mass is 32.1. The topological polar surface area (TPSA) is 76.7 Å². The van der Waals surface area contributed by atoms with E-state index in [1.807, 2.05) is 41.8 Å². The number of rotatable bonds is 10. The molecule has 0 radical (unpaired) electrons. The monoisotopic (exact) mass is 450 g/mol. The molecule has 1 aromatic heterocycles. The molecule has 0 aliphatic carbocycles. The van der Waals surface area contributed by atoms with Crippen molar-refractivity contribution in [2.45, 2.75) is 12.8 Å². The Hall–Kier alpha value is -3.58. The van der Waals surface area contributed by atoms with Gasteiger partial charge in [-0.05, 0) is 72.3 Å². The fourth-order valence-corrected chi connectivity index (χ4v) is 3.65. The van der Waals surface area contributed by atoms with Gasteiger partial charge >= 0.3 is 0 Å². The molecule has 3 rings (SSSR count). The summed E-state index contributed by atoms with van der Waals surface area (Å²) >= 11 is 1.49. The molecule has 0 unspecified atom stereocenters. The smallest absolute Gasteiger partial charge is 0.267 e. The van der Waals surface area contributed by atoms with Crippen LogP contribution in [-0.2, 0) is 11.2 Å². The minimum Gasteiger partial charge on any atom is -0.497 e. The molecule has 7 heteroatoms. The van der Waals surface area contributed by atoms with Crippen LogP contribution in [0.1, 0.15) is 27.2 Å². The number of amides is 2. The van der Waals surface area contributed by atoms with Crippen LogP contribution >= 0.6 is 11.3 Å². The maximum atomic E-state index is 12.8. The van der Waals surface area contributed by atoms with Crippen LogP contribution in [0.2, 0.25) is 0 Å². The predicted molar refractivity (Wildman–Crippen MR) is 127 cm³/mol. The molecule has 0 aliphatic heterocycles. The van der Waals surface area contributed by atoms with Crippen molar-refractivity contribution in [1.82, 2.24) is 10.6 Å². The minimum atomic E-state index is -0.358. The zero-order valence-corrected chi connectivity index (χ0v) is 18.9. The summed E-state index contributed by atoms with van der Waals surface area (Å²) in [7, 11) is 3.20. The molecule has 0 saturated heterocycles. The molecule has 2 amide bonds. The number of hydrogen-bond donors (Lipinski definition) is 2. The quantitative estimate of drug-likeness (QED) is 0.357. The Morgan fingerprint density at radius 2 is 1.59 bits per heavy atom. The van der Waals surface area contributed by atoms with Crippen molar-refractivity contribution < 1.29 is 19.1 Å². The third-order valence-electron chi connectivity index (χ3n) is 4.76. The largest absolute Gasteiger partial charge is 0.497 e. The van der Waals surface area contributed by atoms with Gasteiger partial charge in [0.2, 0.25) is 0 Å². The molecule has 0 fully saturated rings.